The first kappa shape index (κ1) is 20.9. The van der Waals surface area contributed by atoms with E-state index in [1.54, 1.807) is 18.2 Å². The lowest BCUT2D eigenvalue weighted by Gasteiger charge is -2.36. The maximum atomic E-state index is 13.7. The smallest absolute Gasteiger partial charge is 0.244 e. The van der Waals surface area contributed by atoms with Crippen LogP contribution in [-0.4, -0.2) is 57.2 Å². The van der Waals surface area contributed by atoms with Gasteiger partial charge in [0, 0.05) is 51.0 Å². The summed E-state index contributed by atoms with van der Waals surface area (Å²) < 4.78 is 18.6. The Labute approximate surface area is 171 Å². The second-order valence-electron chi connectivity index (χ2n) is 7.19. The average Bonchev–Trinajstić information content (AvgIpc) is 2.73. The number of ether oxygens (including phenoxy) is 1. The zero-order chi connectivity index (χ0) is 20.6. The minimum Gasteiger partial charge on any atom is -0.494 e. The van der Waals surface area contributed by atoms with Gasteiger partial charge in [-0.1, -0.05) is 18.2 Å². The van der Waals surface area contributed by atoms with Crippen molar-refractivity contribution >= 4 is 17.7 Å². The Balaban J connectivity index is 1.38. The Hall–Kier alpha value is -2.86. The summed E-state index contributed by atoms with van der Waals surface area (Å²) in [5.74, 6) is -0.436. The quantitative estimate of drug-likeness (QED) is 0.730. The van der Waals surface area contributed by atoms with E-state index in [0.717, 1.165) is 32.7 Å². The van der Waals surface area contributed by atoms with E-state index in [9.17, 15) is 9.18 Å². The van der Waals surface area contributed by atoms with Crippen LogP contribution < -0.4 is 15.0 Å². The minimum atomic E-state index is -0.445. The molecule has 0 unspecified atom stereocenters. The Bertz CT molecular complexity index is 861. The van der Waals surface area contributed by atoms with E-state index in [-0.39, 0.29) is 11.7 Å². The van der Waals surface area contributed by atoms with Crippen molar-refractivity contribution in [2.75, 3.05) is 51.3 Å². The Kier molecular flexibility index (Phi) is 7.25. The zero-order valence-electron chi connectivity index (χ0n) is 17.0. The van der Waals surface area contributed by atoms with Crippen LogP contribution in [0.3, 0.4) is 0 Å². The molecule has 1 fully saturated rings. The third kappa shape index (κ3) is 6.06. The van der Waals surface area contributed by atoms with Crippen molar-refractivity contribution in [1.29, 1.82) is 0 Å². The van der Waals surface area contributed by atoms with Crippen LogP contribution in [0.5, 0.6) is 5.75 Å². The highest BCUT2D eigenvalue weighted by molar-refractivity contribution is 5.91. The lowest BCUT2D eigenvalue weighted by molar-refractivity contribution is -0.116. The number of nitrogens with zero attached hydrogens (tertiary/aromatic N) is 2. The van der Waals surface area contributed by atoms with E-state index >= 15 is 0 Å². The van der Waals surface area contributed by atoms with Gasteiger partial charge >= 0.3 is 0 Å². The van der Waals surface area contributed by atoms with E-state index in [0.29, 0.717) is 12.1 Å². The number of rotatable bonds is 7. The zero-order valence-corrected chi connectivity index (χ0v) is 17.0. The third-order valence-corrected chi connectivity index (χ3v) is 5.07. The number of amides is 1. The lowest BCUT2D eigenvalue weighted by atomic mass is 10.2. The summed E-state index contributed by atoms with van der Waals surface area (Å²) in [4.78, 5) is 16.7. The molecule has 0 aliphatic carbocycles. The molecule has 6 heteroatoms. The summed E-state index contributed by atoms with van der Waals surface area (Å²) in [6.07, 6.45) is 3.02. The molecule has 0 spiro atoms. The highest BCUT2D eigenvalue weighted by atomic mass is 19.1. The molecule has 1 aliphatic heterocycles. The van der Waals surface area contributed by atoms with Crippen molar-refractivity contribution in [2.45, 2.75) is 6.92 Å². The predicted molar refractivity (Wildman–Crippen MR) is 115 cm³/mol. The highest BCUT2D eigenvalue weighted by Gasteiger charge is 2.16. The first-order valence-electron chi connectivity index (χ1n) is 9.88. The number of carbonyl (C=O) groups excluding carboxylic acids is 1. The topological polar surface area (TPSA) is 44.8 Å². The average molecular weight is 397 g/mol. The van der Waals surface area contributed by atoms with Gasteiger partial charge in [0.05, 0.1) is 7.11 Å². The minimum absolute atomic E-state index is 0.181. The van der Waals surface area contributed by atoms with Crippen LogP contribution in [0.4, 0.5) is 10.1 Å². The fourth-order valence-corrected chi connectivity index (χ4v) is 3.41. The van der Waals surface area contributed by atoms with Gasteiger partial charge in [0.2, 0.25) is 5.91 Å². The summed E-state index contributed by atoms with van der Waals surface area (Å²) in [5, 5.41) is 2.89. The molecule has 1 saturated heterocycles. The number of nitrogens with one attached hydrogen (secondary N) is 1. The maximum Gasteiger partial charge on any atom is 0.244 e. The number of carbonyl (C=O) groups is 1. The Morgan fingerprint density at radius 1 is 1.17 bits per heavy atom. The van der Waals surface area contributed by atoms with Crippen LogP contribution >= 0.6 is 0 Å². The van der Waals surface area contributed by atoms with Crippen LogP contribution in [-0.2, 0) is 4.79 Å². The van der Waals surface area contributed by atoms with Crippen LogP contribution in [0.1, 0.15) is 11.1 Å². The lowest BCUT2D eigenvalue weighted by Crippen LogP contribution is -2.48. The van der Waals surface area contributed by atoms with E-state index < -0.39 is 5.82 Å². The highest BCUT2D eigenvalue weighted by Crippen LogP contribution is 2.19. The number of piperazine rings is 1. The van der Waals surface area contributed by atoms with Crippen molar-refractivity contribution in [1.82, 2.24) is 10.2 Å². The number of methoxy groups -OCH3 is 1. The molecule has 2 aromatic rings. The summed E-state index contributed by atoms with van der Waals surface area (Å²) >= 11 is 0. The molecule has 1 aliphatic rings. The van der Waals surface area contributed by atoms with E-state index in [1.807, 2.05) is 0 Å². The largest absolute Gasteiger partial charge is 0.494 e. The normalized spacial score (nSPS) is 14.9. The number of halogens is 1. The molecule has 0 radical (unpaired) electrons. The molecule has 1 heterocycles. The second kappa shape index (κ2) is 10.1. The number of aryl methyl sites for hydroxylation is 1. The van der Waals surface area contributed by atoms with Crippen LogP contribution in [0.15, 0.2) is 48.5 Å². The number of hydrogen-bond acceptors (Lipinski definition) is 4. The molecule has 0 bridgehead atoms. The van der Waals surface area contributed by atoms with Crippen LogP contribution in [0.25, 0.3) is 6.08 Å². The molecular formula is C23H28FN3O2. The van der Waals surface area contributed by atoms with E-state index in [2.05, 4.69) is 46.3 Å². The fraction of sp³-hybridized carbons (Fsp3) is 0.348. The van der Waals surface area contributed by atoms with Crippen LogP contribution in [0.2, 0.25) is 0 Å². The van der Waals surface area contributed by atoms with Gasteiger partial charge < -0.3 is 15.0 Å². The first-order valence-corrected chi connectivity index (χ1v) is 9.88. The fourth-order valence-electron chi connectivity index (χ4n) is 3.41. The molecule has 2 aromatic carbocycles. The summed E-state index contributed by atoms with van der Waals surface area (Å²) in [6.45, 7) is 7.45. The molecule has 154 valence electrons. The predicted octanol–water partition coefficient (Wildman–Crippen LogP) is 3.09. The molecule has 1 N–H and O–H groups in total. The molecule has 5 nitrogen and oxygen atoms in total. The second-order valence-corrected chi connectivity index (χ2v) is 7.19. The molecule has 0 aromatic heterocycles. The molecule has 3 rings (SSSR count). The summed E-state index contributed by atoms with van der Waals surface area (Å²) in [5.41, 5.74) is 3.17. The number of hydrogen-bond donors (Lipinski definition) is 1. The van der Waals surface area contributed by atoms with Crippen molar-refractivity contribution in [3.8, 4) is 5.75 Å². The van der Waals surface area contributed by atoms with Gasteiger partial charge in [-0.25, -0.2) is 4.39 Å². The summed E-state index contributed by atoms with van der Waals surface area (Å²) in [7, 11) is 1.42. The van der Waals surface area contributed by atoms with Gasteiger partial charge in [-0.15, -0.1) is 0 Å². The van der Waals surface area contributed by atoms with Gasteiger partial charge in [0.15, 0.2) is 11.6 Å². The van der Waals surface area contributed by atoms with Crippen molar-refractivity contribution < 1.29 is 13.9 Å². The SMILES string of the molecule is COc1ccc(/C=C/C(=O)NCCN2CCN(c3cccc(C)c3)CC2)cc1F. The van der Waals surface area contributed by atoms with Gasteiger partial charge in [-0.2, -0.15) is 0 Å². The molecular weight excluding hydrogens is 369 g/mol. The standard InChI is InChI=1S/C23H28FN3O2/c1-18-4-3-5-20(16-18)27-14-12-26(13-15-27)11-10-25-23(28)9-7-19-6-8-22(29-2)21(24)17-19/h3-9,16-17H,10-15H2,1-2H3,(H,25,28)/b9-7+. The Morgan fingerprint density at radius 2 is 1.97 bits per heavy atom. The maximum absolute atomic E-state index is 13.7. The van der Waals surface area contributed by atoms with Crippen molar-refractivity contribution in [3.05, 3.63) is 65.5 Å². The number of anilines is 1. The van der Waals surface area contributed by atoms with Crippen molar-refractivity contribution in [2.24, 2.45) is 0 Å². The molecule has 29 heavy (non-hydrogen) atoms. The van der Waals surface area contributed by atoms with E-state index in [4.69, 9.17) is 4.74 Å². The molecule has 1 amide bonds. The number of benzene rings is 2. The first-order chi connectivity index (χ1) is 14.0. The van der Waals surface area contributed by atoms with Crippen molar-refractivity contribution in [3.63, 3.8) is 0 Å². The molecule has 0 atom stereocenters. The van der Waals surface area contributed by atoms with Gasteiger partial charge in [0.1, 0.15) is 0 Å². The molecule has 0 saturated carbocycles. The van der Waals surface area contributed by atoms with Gasteiger partial charge in [-0.3, -0.25) is 9.69 Å². The van der Waals surface area contributed by atoms with Crippen LogP contribution in [0, 0.1) is 12.7 Å². The summed E-state index contributed by atoms with van der Waals surface area (Å²) in [6, 6.07) is 13.2. The third-order valence-electron chi connectivity index (χ3n) is 5.07. The van der Waals surface area contributed by atoms with E-state index in [1.165, 1.54) is 30.5 Å². The Morgan fingerprint density at radius 3 is 2.66 bits per heavy atom. The van der Waals surface area contributed by atoms with Gasteiger partial charge in [0.25, 0.3) is 0 Å². The monoisotopic (exact) mass is 397 g/mol. The van der Waals surface area contributed by atoms with Gasteiger partial charge in [-0.05, 0) is 48.4 Å².